The molecule has 1 aromatic carbocycles. The van der Waals surface area contributed by atoms with Gasteiger partial charge in [-0.1, -0.05) is 19.8 Å². The molecule has 0 bridgehead atoms. The number of carbonyl (C=O) groups is 1. The van der Waals surface area contributed by atoms with E-state index in [9.17, 15) is 9.90 Å². The lowest BCUT2D eigenvalue weighted by molar-refractivity contribution is 0.0921. The summed E-state index contributed by atoms with van der Waals surface area (Å²) in [6.07, 6.45) is 4.49. The molecule has 0 radical (unpaired) electrons. The number of rotatable bonds is 3. The number of amides is 1. The van der Waals surface area contributed by atoms with Crippen LogP contribution in [0.1, 0.15) is 43.0 Å². The molecule has 1 aliphatic rings. The van der Waals surface area contributed by atoms with Crippen LogP contribution in [0.3, 0.4) is 0 Å². The highest BCUT2D eigenvalue weighted by atomic mass is 16.5. The van der Waals surface area contributed by atoms with E-state index < -0.39 is 0 Å². The third kappa shape index (κ3) is 3.40. The Kier molecular flexibility index (Phi) is 4.30. The van der Waals surface area contributed by atoms with Crippen molar-refractivity contribution >= 4 is 5.91 Å². The fraction of sp³-hybridized carbons (Fsp3) is 0.533. The van der Waals surface area contributed by atoms with Crippen LogP contribution < -0.4 is 10.1 Å². The largest absolute Gasteiger partial charge is 0.504 e. The van der Waals surface area contributed by atoms with E-state index in [1.807, 2.05) is 0 Å². The number of phenols is 1. The summed E-state index contributed by atoms with van der Waals surface area (Å²) in [5, 5.41) is 12.7. The molecular weight excluding hydrogens is 242 g/mol. The number of methoxy groups -OCH3 is 1. The molecule has 0 heterocycles. The van der Waals surface area contributed by atoms with Gasteiger partial charge in [0.1, 0.15) is 0 Å². The van der Waals surface area contributed by atoms with Gasteiger partial charge in [0.25, 0.3) is 5.91 Å². The summed E-state index contributed by atoms with van der Waals surface area (Å²) in [6.45, 7) is 2.22. The number of aromatic hydroxyl groups is 1. The topological polar surface area (TPSA) is 58.6 Å². The quantitative estimate of drug-likeness (QED) is 0.881. The molecule has 2 atom stereocenters. The maximum Gasteiger partial charge on any atom is 0.251 e. The Morgan fingerprint density at radius 1 is 1.42 bits per heavy atom. The number of hydrogen-bond acceptors (Lipinski definition) is 3. The first-order chi connectivity index (χ1) is 9.10. The minimum Gasteiger partial charge on any atom is -0.504 e. The summed E-state index contributed by atoms with van der Waals surface area (Å²) in [5.41, 5.74) is 0.469. The van der Waals surface area contributed by atoms with Gasteiger partial charge in [0.15, 0.2) is 11.5 Å². The molecule has 1 aliphatic carbocycles. The number of nitrogens with one attached hydrogen (secondary N) is 1. The standard InChI is InChI=1S/C15H21NO3/c1-10-4-3-5-12(8-10)16-15(18)11-6-7-14(19-2)13(17)9-11/h6-7,9-10,12,17H,3-5,8H2,1-2H3,(H,16,18). The zero-order valence-electron chi connectivity index (χ0n) is 11.5. The number of carbonyl (C=O) groups excluding carboxylic acids is 1. The molecule has 104 valence electrons. The van der Waals surface area contributed by atoms with Gasteiger partial charge < -0.3 is 15.2 Å². The highest BCUT2D eigenvalue weighted by Crippen LogP contribution is 2.27. The Morgan fingerprint density at radius 3 is 2.84 bits per heavy atom. The van der Waals surface area contributed by atoms with E-state index in [-0.39, 0.29) is 17.7 Å². The minimum atomic E-state index is -0.128. The maximum atomic E-state index is 12.1. The second-order valence-electron chi connectivity index (χ2n) is 5.33. The van der Waals surface area contributed by atoms with E-state index in [0.29, 0.717) is 17.2 Å². The molecule has 4 heteroatoms. The summed E-state index contributed by atoms with van der Waals surface area (Å²) in [5.74, 6) is 0.912. The molecule has 1 fully saturated rings. The van der Waals surface area contributed by atoms with Gasteiger partial charge >= 0.3 is 0 Å². The molecule has 1 amide bonds. The van der Waals surface area contributed by atoms with Crippen LogP contribution in [0.15, 0.2) is 18.2 Å². The monoisotopic (exact) mass is 263 g/mol. The van der Waals surface area contributed by atoms with E-state index >= 15 is 0 Å². The number of phenolic OH excluding ortho intramolecular Hbond substituents is 1. The Hall–Kier alpha value is -1.71. The van der Waals surface area contributed by atoms with Crippen LogP contribution in [-0.2, 0) is 0 Å². The van der Waals surface area contributed by atoms with Gasteiger partial charge in [-0.25, -0.2) is 0 Å². The molecule has 0 saturated heterocycles. The average Bonchev–Trinajstić information content (AvgIpc) is 2.38. The maximum absolute atomic E-state index is 12.1. The lowest BCUT2D eigenvalue weighted by Gasteiger charge is -2.27. The van der Waals surface area contributed by atoms with Crippen molar-refractivity contribution in [3.8, 4) is 11.5 Å². The van der Waals surface area contributed by atoms with Crippen LogP contribution in [0.2, 0.25) is 0 Å². The molecule has 0 aromatic heterocycles. The first-order valence-electron chi connectivity index (χ1n) is 6.78. The van der Waals surface area contributed by atoms with Crippen LogP contribution >= 0.6 is 0 Å². The molecule has 2 unspecified atom stereocenters. The van der Waals surface area contributed by atoms with Crippen LogP contribution in [-0.4, -0.2) is 24.2 Å². The highest BCUT2D eigenvalue weighted by Gasteiger charge is 2.21. The predicted octanol–water partition coefficient (Wildman–Crippen LogP) is 2.71. The predicted molar refractivity (Wildman–Crippen MR) is 73.5 cm³/mol. The third-order valence-electron chi connectivity index (χ3n) is 3.71. The molecule has 4 nitrogen and oxygen atoms in total. The summed E-state index contributed by atoms with van der Waals surface area (Å²) in [6, 6.07) is 4.97. The van der Waals surface area contributed by atoms with Crippen LogP contribution in [0.25, 0.3) is 0 Å². The average molecular weight is 263 g/mol. The fourth-order valence-electron chi connectivity index (χ4n) is 2.67. The Labute approximate surface area is 113 Å². The van der Waals surface area contributed by atoms with Crippen LogP contribution in [0, 0.1) is 5.92 Å². The smallest absolute Gasteiger partial charge is 0.251 e. The first kappa shape index (κ1) is 13.7. The van der Waals surface area contributed by atoms with Gasteiger partial charge in [-0.15, -0.1) is 0 Å². The van der Waals surface area contributed by atoms with Gasteiger partial charge in [0.2, 0.25) is 0 Å². The number of hydrogen-bond donors (Lipinski definition) is 2. The molecule has 1 aromatic rings. The molecule has 2 N–H and O–H groups in total. The molecular formula is C15H21NO3. The van der Waals surface area contributed by atoms with Crippen molar-refractivity contribution in [2.75, 3.05) is 7.11 Å². The lowest BCUT2D eigenvalue weighted by atomic mass is 9.87. The summed E-state index contributed by atoms with van der Waals surface area (Å²) in [4.78, 5) is 12.1. The number of ether oxygens (including phenoxy) is 1. The Morgan fingerprint density at radius 2 is 2.21 bits per heavy atom. The molecule has 1 saturated carbocycles. The van der Waals surface area contributed by atoms with Crippen molar-refractivity contribution < 1.29 is 14.6 Å². The Bertz CT molecular complexity index is 459. The van der Waals surface area contributed by atoms with E-state index in [0.717, 1.165) is 12.8 Å². The van der Waals surface area contributed by atoms with Gasteiger partial charge in [-0.3, -0.25) is 4.79 Å². The van der Waals surface area contributed by atoms with Gasteiger partial charge in [-0.2, -0.15) is 0 Å². The molecule has 0 spiro atoms. The zero-order valence-corrected chi connectivity index (χ0v) is 11.5. The minimum absolute atomic E-state index is 0.00726. The van der Waals surface area contributed by atoms with Crippen LogP contribution in [0.4, 0.5) is 0 Å². The highest BCUT2D eigenvalue weighted by molar-refractivity contribution is 5.95. The molecule has 19 heavy (non-hydrogen) atoms. The second-order valence-corrected chi connectivity index (χ2v) is 5.33. The van der Waals surface area contributed by atoms with Crippen molar-refractivity contribution in [2.24, 2.45) is 5.92 Å². The van der Waals surface area contributed by atoms with E-state index in [2.05, 4.69) is 12.2 Å². The van der Waals surface area contributed by atoms with Crippen molar-refractivity contribution in [1.29, 1.82) is 0 Å². The Balaban J connectivity index is 2.01. The van der Waals surface area contributed by atoms with Crippen LogP contribution in [0.5, 0.6) is 11.5 Å². The first-order valence-corrected chi connectivity index (χ1v) is 6.78. The van der Waals surface area contributed by atoms with E-state index in [1.165, 1.54) is 26.0 Å². The van der Waals surface area contributed by atoms with Crippen molar-refractivity contribution in [3.63, 3.8) is 0 Å². The van der Waals surface area contributed by atoms with E-state index in [1.54, 1.807) is 12.1 Å². The van der Waals surface area contributed by atoms with Gasteiger partial charge in [0.05, 0.1) is 7.11 Å². The summed E-state index contributed by atoms with van der Waals surface area (Å²) >= 11 is 0. The lowest BCUT2D eigenvalue weighted by Crippen LogP contribution is -2.37. The van der Waals surface area contributed by atoms with E-state index in [4.69, 9.17) is 4.74 Å². The zero-order chi connectivity index (χ0) is 13.8. The summed E-state index contributed by atoms with van der Waals surface area (Å²) in [7, 11) is 1.48. The number of benzene rings is 1. The SMILES string of the molecule is COc1ccc(C(=O)NC2CCCC(C)C2)cc1O. The third-order valence-corrected chi connectivity index (χ3v) is 3.71. The summed E-state index contributed by atoms with van der Waals surface area (Å²) < 4.78 is 4.96. The van der Waals surface area contributed by atoms with Crippen molar-refractivity contribution in [2.45, 2.75) is 38.6 Å². The van der Waals surface area contributed by atoms with Gasteiger partial charge in [-0.05, 0) is 37.0 Å². The van der Waals surface area contributed by atoms with Crippen molar-refractivity contribution in [3.05, 3.63) is 23.8 Å². The molecule has 0 aliphatic heterocycles. The molecule has 2 rings (SSSR count). The van der Waals surface area contributed by atoms with Crippen molar-refractivity contribution in [1.82, 2.24) is 5.32 Å². The normalized spacial score (nSPS) is 22.8. The fourth-order valence-corrected chi connectivity index (χ4v) is 2.67. The second kappa shape index (κ2) is 5.95. The van der Waals surface area contributed by atoms with Gasteiger partial charge in [0, 0.05) is 11.6 Å².